The molecule has 0 spiro atoms. The molecule has 2 aliphatic rings. The molecular formula is C19H36IN3O4. The molecule has 8 heteroatoms. The van der Waals surface area contributed by atoms with Crippen molar-refractivity contribution >= 4 is 35.9 Å². The number of hydrogen-bond donors (Lipinski definition) is 1. The van der Waals surface area contributed by atoms with E-state index in [1.807, 2.05) is 6.92 Å². The van der Waals surface area contributed by atoms with E-state index in [-0.39, 0.29) is 42.0 Å². The highest BCUT2D eigenvalue weighted by Crippen LogP contribution is 2.18. The maximum atomic E-state index is 11.6. The number of nitrogens with one attached hydrogen (secondary N) is 1. The third-order valence-electron chi connectivity index (χ3n) is 4.99. The molecule has 0 amide bonds. The van der Waals surface area contributed by atoms with Crippen LogP contribution in [0.4, 0.5) is 0 Å². The summed E-state index contributed by atoms with van der Waals surface area (Å²) in [6.07, 6.45) is 6.10. The summed E-state index contributed by atoms with van der Waals surface area (Å²) in [4.78, 5) is 18.4. The van der Waals surface area contributed by atoms with Gasteiger partial charge in [-0.05, 0) is 39.0 Å². The second-order valence-corrected chi connectivity index (χ2v) is 7.13. The highest BCUT2D eigenvalue weighted by Gasteiger charge is 2.24. The Balaban J connectivity index is 0.00000364. The number of piperidine rings is 1. The van der Waals surface area contributed by atoms with Gasteiger partial charge in [-0.15, -0.1) is 24.0 Å². The van der Waals surface area contributed by atoms with Crippen molar-refractivity contribution in [3.8, 4) is 0 Å². The van der Waals surface area contributed by atoms with E-state index >= 15 is 0 Å². The minimum Gasteiger partial charge on any atom is -0.469 e. The lowest BCUT2D eigenvalue weighted by molar-refractivity contribution is -0.144. The number of aliphatic imine (C=N–C) groups is 1. The van der Waals surface area contributed by atoms with E-state index in [1.54, 1.807) is 0 Å². The van der Waals surface area contributed by atoms with Gasteiger partial charge in [-0.2, -0.15) is 0 Å². The number of nitrogens with zero attached hydrogens (tertiary/aromatic N) is 2. The first-order chi connectivity index (χ1) is 12.6. The fraction of sp³-hybridized carbons (Fsp3) is 0.895. The van der Waals surface area contributed by atoms with Crippen LogP contribution in [0.3, 0.4) is 0 Å². The van der Waals surface area contributed by atoms with E-state index in [0.717, 1.165) is 58.1 Å². The van der Waals surface area contributed by atoms with Crippen LogP contribution in [-0.4, -0.2) is 75.5 Å². The van der Waals surface area contributed by atoms with E-state index in [9.17, 15) is 4.79 Å². The second-order valence-electron chi connectivity index (χ2n) is 7.13. The first-order valence-corrected chi connectivity index (χ1v) is 9.98. The number of guanidine groups is 1. The maximum Gasteiger partial charge on any atom is 0.310 e. The van der Waals surface area contributed by atoms with Crippen LogP contribution < -0.4 is 5.32 Å². The number of ether oxygens (including phenoxy) is 3. The molecule has 0 aliphatic carbocycles. The van der Waals surface area contributed by atoms with Gasteiger partial charge in [-0.1, -0.05) is 6.92 Å². The molecule has 1 N–H and O–H groups in total. The fourth-order valence-electron chi connectivity index (χ4n) is 3.34. The van der Waals surface area contributed by atoms with Gasteiger partial charge in [0.05, 0.1) is 38.4 Å². The molecule has 2 atom stereocenters. The standard InChI is InChI=1S/C19H35N3O4.HI/c1-4-20-19(21-13-15(2)18(23)24-3)22-10-8-16(9-11-22)26-14-17-7-5-6-12-25-17;/h15-17H,4-14H2,1-3H3,(H,20,21);1H. The highest BCUT2D eigenvalue weighted by molar-refractivity contribution is 14.0. The van der Waals surface area contributed by atoms with Crippen molar-refractivity contribution in [3.05, 3.63) is 0 Å². The van der Waals surface area contributed by atoms with Crippen LogP contribution in [0.15, 0.2) is 4.99 Å². The van der Waals surface area contributed by atoms with Crippen LogP contribution >= 0.6 is 24.0 Å². The van der Waals surface area contributed by atoms with Crippen molar-refractivity contribution in [3.63, 3.8) is 0 Å². The van der Waals surface area contributed by atoms with Crippen LogP contribution in [0.5, 0.6) is 0 Å². The highest BCUT2D eigenvalue weighted by atomic mass is 127. The lowest BCUT2D eigenvalue weighted by atomic mass is 10.1. The Bertz CT molecular complexity index is 450. The molecule has 0 radical (unpaired) electrons. The average molecular weight is 497 g/mol. The molecule has 2 saturated heterocycles. The van der Waals surface area contributed by atoms with Crippen molar-refractivity contribution in [1.82, 2.24) is 10.2 Å². The largest absolute Gasteiger partial charge is 0.469 e. The molecule has 0 aromatic carbocycles. The number of carbonyl (C=O) groups excluding carboxylic acids is 1. The third kappa shape index (κ3) is 8.51. The zero-order valence-electron chi connectivity index (χ0n) is 16.9. The van der Waals surface area contributed by atoms with Gasteiger partial charge in [0.2, 0.25) is 0 Å². The third-order valence-corrected chi connectivity index (χ3v) is 4.99. The quantitative estimate of drug-likeness (QED) is 0.252. The van der Waals surface area contributed by atoms with Crippen molar-refractivity contribution in [2.75, 3.05) is 46.5 Å². The van der Waals surface area contributed by atoms with Gasteiger partial charge in [0.15, 0.2) is 5.96 Å². The van der Waals surface area contributed by atoms with Crippen LogP contribution in [0.1, 0.15) is 46.0 Å². The molecule has 2 unspecified atom stereocenters. The zero-order chi connectivity index (χ0) is 18.8. The first-order valence-electron chi connectivity index (χ1n) is 9.98. The predicted molar refractivity (Wildman–Crippen MR) is 117 cm³/mol. The van der Waals surface area contributed by atoms with E-state index in [0.29, 0.717) is 12.6 Å². The minimum absolute atomic E-state index is 0. The van der Waals surface area contributed by atoms with Crippen LogP contribution in [0, 0.1) is 5.92 Å². The number of hydrogen-bond acceptors (Lipinski definition) is 5. The number of methoxy groups -OCH3 is 1. The topological polar surface area (TPSA) is 72.4 Å². The molecule has 0 bridgehead atoms. The van der Waals surface area contributed by atoms with Crippen molar-refractivity contribution in [2.45, 2.75) is 58.2 Å². The number of likely N-dealkylation sites (tertiary alicyclic amines) is 1. The summed E-state index contributed by atoms with van der Waals surface area (Å²) in [5.74, 6) is 0.420. The molecular weight excluding hydrogens is 461 g/mol. The van der Waals surface area contributed by atoms with E-state index in [4.69, 9.17) is 14.2 Å². The average Bonchev–Trinajstić information content (AvgIpc) is 2.70. The van der Waals surface area contributed by atoms with Gasteiger partial charge in [0, 0.05) is 26.2 Å². The minimum atomic E-state index is -0.231. The van der Waals surface area contributed by atoms with Gasteiger partial charge in [0.1, 0.15) is 0 Å². The summed E-state index contributed by atoms with van der Waals surface area (Å²) in [6, 6.07) is 0. The monoisotopic (exact) mass is 497 g/mol. The molecule has 2 fully saturated rings. The second kappa shape index (κ2) is 13.5. The number of esters is 1. The van der Waals surface area contributed by atoms with E-state index in [1.165, 1.54) is 20.0 Å². The molecule has 2 aliphatic heterocycles. The summed E-state index contributed by atoms with van der Waals surface area (Å²) in [5.41, 5.74) is 0. The van der Waals surface area contributed by atoms with Crippen molar-refractivity contribution in [1.29, 1.82) is 0 Å². The Morgan fingerprint density at radius 2 is 2.04 bits per heavy atom. The molecule has 27 heavy (non-hydrogen) atoms. The predicted octanol–water partition coefficient (Wildman–Crippen LogP) is 2.43. The van der Waals surface area contributed by atoms with Gasteiger partial charge >= 0.3 is 5.97 Å². The lowest BCUT2D eigenvalue weighted by Gasteiger charge is -2.35. The Labute approximate surface area is 180 Å². The molecule has 2 heterocycles. The molecule has 2 rings (SSSR count). The van der Waals surface area contributed by atoms with Gasteiger partial charge in [0.25, 0.3) is 0 Å². The van der Waals surface area contributed by atoms with E-state index < -0.39 is 0 Å². The fourth-order valence-corrected chi connectivity index (χ4v) is 3.34. The van der Waals surface area contributed by atoms with Crippen LogP contribution in [0.25, 0.3) is 0 Å². The van der Waals surface area contributed by atoms with Gasteiger partial charge in [-0.25, -0.2) is 0 Å². The number of rotatable bonds is 7. The Kier molecular flexibility index (Phi) is 12.3. The molecule has 0 aromatic heterocycles. The maximum absolute atomic E-state index is 11.6. The summed E-state index contributed by atoms with van der Waals surface area (Å²) < 4.78 is 16.6. The SMILES string of the molecule is CCNC(=NCC(C)C(=O)OC)N1CCC(OCC2CCCCO2)CC1.I. The van der Waals surface area contributed by atoms with Gasteiger partial charge in [-0.3, -0.25) is 9.79 Å². The smallest absolute Gasteiger partial charge is 0.310 e. The lowest BCUT2D eigenvalue weighted by Crippen LogP contribution is -2.47. The van der Waals surface area contributed by atoms with Crippen LogP contribution in [0.2, 0.25) is 0 Å². The molecule has 7 nitrogen and oxygen atoms in total. The Morgan fingerprint density at radius 3 is 2.63 bits per heavy atom. The first kappa shape index (κ1) is 24.4. The number of halogens is 1. The molecule has 158 valence electrons. The summed E-state index contributed by atoms with van der Waals surface area (Å²) in [5, 5.41) is 3.33. The molecule has 0 aromatic rings. The van der Waals surface area contributed by atoms with Gasteiger partial charge < -0.3 is 24.4 Å². The van der Waals surface area contributed by atoms with Crippen LogP contribution in [-0.2, 0) is 19.0 Å². The summed E-state index contributed by atoms with van der Waals surface area (Å²) in [6.45, 7) is 8.55. The summed E-state index contributed by atoms with van der Waals surface area (Å²) in [7, 11) is 1.41. The van der Waals surface area contributed by atoms with Crippen molar-refractivity contribution < 1.29 is 19.0 Å². The zero-order valence-corrected chi connectivity index (χ0v) is 19.3. The Morgan fingerprint density at radius 1 is 1.30 bits per heavy atom. The normalized spacial score (nSPS) is 22.7. The summed E-state index contributed by atoms with van der Waals surface area (Å²) >= 11 is 0. The van der Waals surface area contributed by atoms with Crippen molar-refractivity contribution in [2.24, 2.45) is 10.9 Å². The van der Waals surface area contributed by atoms with E-state index in [2.05, 4.69) is 22.1 Å². The Hall–Kier alpha value is -0.610. The molecule has 0 saturated carbocycles. The number of carbonyl (C=O) groups is 1.